The molecular weight excluding hydrogens is 404 g/mol. The molecule has 31 heavy (non-hydrogen) atoms. The number of pyridine rings is 1. The largest absolute Gasteiger partial charge is 0.356 e. The van der Waals surface area contributed by atoms with E-state index in [-0.39, 0.29) is 11.5 Å². The van der Waals surface area contributed by atoms with Crippen molar-refractivity contribution < 1.29 is 0 Å². The van der Waals surface area contributed by atoms with Gasteiger partial charge in [0.05, 0.1) is 12.2 Å². The molecule has 5 nitrogen and oxygen atoms in total. The second kappa shape index (κ2) is 8.63. The fourth-order valence-electron chi connectivity index (χ4n) is 4.43. The van der Waals surface area contributed by atoms with Crippen molar-refractivity contribution in [2.45, 2.75) is 51.6 Å². The number of benzene rings is 1. The average molecular weight is 431 g/mol. The van der Waals surface area contributed by atoms with Gasteiger partial charge in [-0.05, 0) is 43.2 Å². The van der Waals surface area contributed by atoms with Crippen molar-refractivity contribution in [3.8, 4) is 0 Å². The van der Waals surface area contributed by atoms with Gasteiger partial charge in [-0.3, -0.25) is 4.79 Å². The SMILES string of the molecule is CCCCCCc1ccc(C2c3[nH]c4ccccc4c(=O)c3CN2c2ncccn2)s1. The van der Waals surface area contributed by atoms with Gasteiger partial charge in [0.1, 0.15) is 6.04 Å². The van der Waals surface area contributed by atoms with E-state index in [1.54, 1.807) is 12.4 Å². The van der Waals surface area contributed by atoms with Gasteiger partial charge in [0.2, 0.25) is 5.95 Å². The first-order chi connectivity index (χ1) is 15.3. The number of fused-ring (bicyclic) bond motifs is 2. The molecule has 1 aliphatic heterocycles. The number of hydrogen-bond acceptors (Lipinski definition) is 5. The number of aromatic amines is 1. The monoisotopic (exact) mass is 430 g/mol. The predicted octanol–water partition coefficient (Wildman–Crippen LogP) is 5.61. The highest BCUT2D eigenvalue weighted by Crippen LogP contribution is 2.41. The van der Waals surface area contributed by atoms with E-state index in [0.717, 1.165) is 28.6 Å². The van der Waals surface area contributed by atoms with E-state index >= 15 is 0 Å². The van der Waals surface area contributed by atoms with Crippen molar-refractivity contribution >= 4 is 28.2 Å². The summed E-state index contributed by atoms with van der Waals surface area (Å²) in [6.45, 7) is 2.75. The normalized spacial score (nSPS) is 15.5. The Morgan fingerprint density at radius 3 is 2.74 bits per heavy atom. The maximum Gasteiger partial charge on any atom is 0.226 e. The lowest BCUT2D eigenvalue weighted by Gasteiger charge is -2.24. The molecule has 1 unspecified atom stereocenters. The third-order valence-corrected chi connectivity index (χ3v) is 7.19. The Balaban J connectivity index is 1.57. The fraction of sp³-hybridized carbons (Fsp3) is 0.320. The summed E-state index contributed by atoms with van der Waals surface area (Å²) in [5.74, 6) is 0.651. The molecule has 0 radical (unpaired) electrons. The van der Waals surface area contributed by atoms with E-state index in [2.05, 4.69) is 38.9 Å². The number of aryl methyl sites for hydroxylation is 1. The van der Waals surface area contributed by atoms with E-state index in [9.17, 15) is 4.79 Å². The van der Waals surface area contributed by atoms with Crippen LogP contribution in [0.3, 0.4) is 0 Å². The van der Waals surface area contributed by atoms with Crippen molar-refractivity contribution in [3.63, 3.8) is 0 Å². The number of para-hydroxylation sites is 1. The predicted molar refractivity (Wildman–Crippen MR) is 127 cm³/mol. The van der Waals surface area contributed by atoms with E-state index in [0.29, 0.717) is 12.5 Å². The van der Waals surface area contributed by atoms with E-state index in [1.807, 2.05) is 41.7 Å². The summed E-state index contributed by atoms with van der Waals surface area (Å²) in [5.41, 5.74) is 2.76. The molecule has 4 heterocycles. The van der Waals surface area contributed by atoms with Crippen LogP contribution in [0, 0.1) is 0 Å². The Labute approximate surface area is 185 Å². The van der Waals surface area contributed by atoms with Crippen molar-refractivity contribution in [3.05, 3.63) is 86.1 Å². The summed E-state index contributed by atoms with van der Waals surface area (Å²) in [4.78, 5) is 30.6. The van der Waals surface area contributed by atoms with Gasteiger partial charge in [-0.15, -0.1) is 11.3 Å². The number of unbranched alkanes of at least 4 members (excludes halogenated alkanes) is 3. The molecule has 3 aromatic heterocycles. The molecular formula is C25H26N4OS. The molecule has 1 aliphatic rings. The first-order valence-corrected chi connectivity index (χ1v) is 11.8. The number of hydrogen-bond donors (Lipinski definition) is 1. The molecule has 1 N–H and O–H groups in total. The highest BCUT2D eigenvalue weighted by atomic mass is 32.1. The molecule has 0 spiro atoms. The summed E-state index contributed by atoms with van der Waals surface area (Å²) in [6, 6.07) is 13.9. The first-order valence-electron chi connectivity index (χ1n) is 11.0. The minimum Gasteiger partial charge on any atom is -0.356 e. The molecule has 0 fully saturated rings. The first kappa shape index (κ1) is 19.9. The Morgan fingerprint density at radius 2 is 1.90 bits per heavy atom. The molecule has 1 aromatic carbocycles. The highest BCUT2D eigenvalue weighted by molar-refractivity contribution is 7.12. The van der Waals surface area contributed by atoms with Crippen LogP contribution in [0.5, 0.6) is 0 Å². The minimum absolute atomic E-state index is 0.0795. The van der Waals surface area contributed by atoms with Crippen LogP contribution in [-0.2, 0) is 13.0 Å². The lowest BCUT2D eigenvalue weighted by molar-refractivity contribution is 0.670. The van der Waals surface area contributed by atoms with Gasteiger partial charge in [0.15, 0.2) is 5.43 Å². The Morgan fingerprint density at radius 1 is 1.06 bits per heavy atom. The van der Waals surface area contributed by atoms with Crippen LogP contribution in [0.15, 0.2) is 59.7 Å². The van der Waals surface area contributed by atoms with Crippen LogP contribution in [-0.4, -0.2) is 15.0 Å². The molecule has 0 amide bonds. The second-order valence-corrected chi connectivity index (χ2v) is 9.29. The van der Waals surface area contributed by atoms with Crippen LogP contribution < -0.4 is 10.3 Å². The van der Waals surface area contributed by atoms with Crippen LogP contribution in [0.25, 0.3) is 10.9 Å². The van der Waals surface area contributed by atoms with Crippen LogP contribution >= 0.6 is 11.3 Å². The summed E-state index contributed by atoms with van der Waals surface area (Å²) in [6.07, 6.45) is 9.67. The zero-order valence-corrected chi connectivity index (χ0v) is 18.5. The number of H-pyrrole nitrogens is 1. The number of nitrogens with zero attached hydrogens (tertiary/aromatic N) is 3. The smallest absolute Gasteiger partial charge is 0.226 e. The lowest BCUT2D eigenvalue weighted by atomic mass is 10.1. The molecule has 158 valence electrons. The standard InChI is InChI=1S/C25H26N4OS/c1-2-3-4-5-9-17-12-13-21(31-17)23-22-19(16-29(23)25-26-14-8-15-27-25)24(30)18-10-6-7-11-20(18)28-22/h6-8,10-15,23H,2-5,9,16H2,1H3,(H,28,30). The number of thiophene rings is 1. The summed E-state index contributed by atoms with van der Waals surface area (Å²) >= 11 is 1.84. The maximum absolute atomic E-state index is 13.3. The summed E-state index contributed by atoms with van der Waals surface area (Å²) in [5, 5.41) is 0.735. The molecule has 0 aliphatic carbocycles. The summed E-state index contributed by atoms with van der Waals surface area (Å²) in [7, 11) is 0. The lowest BCUT2D eigenvalue weighted by Crippen LogP contribution is -2.24. The minimum atomic E-state index is -0.0795. The zero-order chi connectivity index (χ0) is 21.2. The topological polar surface area (TPSA) is 61.9 Å². The van der Waals surface area contributed by atoms with Crippen molar-refractivity contribution in [1.82, 2.24) is 15.0 Å². The molecule has 0 saturated carbocycles. The molecule has 5 rings (SSSR count). The molecule has 6 heteroatoms. The van der Waals surface area contributed by atoms with E-state index in [1.165, 1.54) is 35.4 Å². The van der Waals surface area contributed by atoms with Gasteiger partial charge >= 0.3 is 0 Å². The fourth-order valence-corrected chi connectivity index (χ4v) is 5.60. The third-order valence-electron chi connectivity index (χ3n) is 5.99. The average Bonchev–Trinajstić information content (AvgIpc) is 3.42. The second-order valence-electron chi connectivity index (χ2n) is 8.09. The maximum atomic E-state index is 13.3. The molecule has 1 atom stereocenters. The third kappa shape index (κ3) is 3.76. The molecule has 0 saturated heterocycles. The van der Waals surface area contributed by atoms with Gasteiger partial charge in [0.25, 0.3) is 0 Å². The van der Waals surface area contributed by atoms with Crippen LogP contribution in [0.2, 0.25) is 0 Å². The Hall–Kier alpha value is -2.99. The number of aromatic nitrogens is 3. The van der Waals surface area contributed by atoms with Crippen molar-refractivity contribution in [1.29, 1.82) is 0 Å². The van der Waals surface area contributed by atoms with Gasteiger partial charge in [-0.2, -0.15) is 0 Å². The van der Waals surface area contributed by atoms with Gasteiger partial charge in [0, 0.05) is 38.6 Å². The van der Waals surface area contributed by atoms with E-state index in [4.69, 9.17) is 0 Å². The van der Waals surface area contributed by atoms with E-state index < -0.39 is 0 Å². The Bertz CT molecular complexity index is 1250. The van der Waals surface area contributed by atoms with Crippen molar-refractivity contribution in [2.75, 3.05) is 4.90 Å². The zero-order valence-electron chi connectivity index (χ0n) is 17.7. The van der Waals surface area contributed by atoms with Crippen molar-refractivity contribution in [2.24, 2.45) is 0 Å². The quantitative estimate of drug-likeness (QED) is 0.387. The Kier molecular flexibility index (Phi) is 5.55. The molecule has 4 aromatic rings. The van der Waals surface area contributed by atoms with Crippen LogP contribution in [0.4, 0.5) is 5.95 Å². The highest BCUT2D eigenvalue weighted by Gasteiger charge is 2.37. The summed E-state index contributed by atoms with van der Waals surface area (Å²) < 4.78 is 0. The van der Waals surface area contributed by atoms with Gasteiger partial charge < -0.3 is 9.88 Å². The molecule has 0 bridgehead atoms. The van der Waals surface area contributed by atoms with Gasteiger partial charge in [-0.1, -0.05) is 38.3 Å². The number of anilines is 1. The van der Waals surface area contributed by atoms with Gasteiger partial charge in [-0.25, -0.2) is 9.97 Å². The van der Waals surface area contributed by atoms with Crippen LogP contribution in [0.1, 0.15) is 59.7 Å². The number of nitrogens with one attached hydrogen (secondary N) is 1. The number of rotatable bonds is 7.